The number of nitrogens with two attached hydrogens (primary N) is 1. The summed E-state index contributed by atoms with van der Waals surface area (Å²) in [6, 6.07) is 18.9. The van der Waals surface area contributed by atoms with Crippen LogP contribution in [0.15, 0.2) is 71.4 Å². The van der Waals surface area contributed by atoms with Gasteiger partial charge in [0, 0.05) is 31.9 Å². The van der Waals surface area contributed by atoms with Gasteiger partial charge in [0.15, 0.2) is 5.76 Å². The molecule has 3 aromatic heterocycles. The minimum atomic E-state index is 0.381. The van der Waals surface area contributed by atoms with Crippen molar-refractivity contribution in [2.75, 3.05) is 12.8 Å². The molecule has 0 atom stereocenters. The standard InChI is InChI=1S/C22H20N4O3/c1-27-14-16-8-9-19(22(23)25-16)20-12-17(26-29-20)11-15-7-10-21(24-13-15)28-18-5-3-2-4-6-18/h2-10,12-13H,11,14H2,1H3,(H2,23,25). The topological polar surface area (TPSA) is 96.3 Å². The highest BCUT2D eigenvalue weighted by Gasteiger charge is 2.12. The molecule has 0 unspecified atom stereocenters. The van der Waals surface area contributed by atoms with Crippen LogP contribution < -0.4 is 10.5 Å². The van der Waals surface area contributed by atoms with Crippen molar-refractivity contribution in [1.82, 2.24) is 15.1 Å². The molecule has 4 rings (SSSR count). The summed E-state index contributed by atoms with van der Waals surface area (Å²) in [7, 11) is 1.61. The molecule has 0 saturated carbocycles. The Morgan fingerprint density at radius 2 is 1.86 bits per heavy atom. The van der Waals surface area contributed by atoms with Gasteiger partial charge in [-0.1, -0.05) is 29.4 Å². The zero-order chi connectivity index (χ0) is 20.1. The van der Waals surface area contributed by atoms with Crippen LogP contribution in [-0.2, 0) is 17.8 Å². The van der Waals surface area contributed by atoms with E-state index in [0.717, 1.165) is 22.7 Å². The maximum atomic E-state index is 6.05. The number of anilines is 1. The van der Waals surface area contributed by atoms with E-state index < -0.39 is 0 Å². The van der Waals surface area contributed by atoms with Crippen LogP contribution in [0, 0.1) is 0 Å². The van der Waals surface area contributed by atoms with Crippen molar-refractivity contribution in [1.29, 1.82) is 0 Å². The fraction of sp³-hybridized carbons (Fsp3) is 0.136. The molecule has 7 nitrogen and oxygen atoms in total. The van der Waals surface area contributed by atoms with Gasteiger partial charge in [0.05, 0.1) is 23.6 Å². The highest BCUT2D eigenvalue weighted by molar-refractivity contribution is 5.69. The summed E-state index contributed by atoms with van der Waals surface area (Å²) in [6.07, 6.45) is 2.35. The molecule has 0 aliphatic heterocycles. The molecule has 4 aromatic rings. The van der Waals surface area contributed by atoms with Crippen LogP contribution in [0.3, 0.4) is 0 Å². The molecule has 0 fully saturated rings. The Labute approximate surface area is 168 Å². The average Bonchev–Trinajstić information content (AvgIpc) is 3.19. The summed E-state index contributed by atoms with van der Waals surface area (Å²) in [5.41, 5.74) is 9.28. The number of ether oxygens (including phenoxy) is 2. The van der Waals surface area contributed by atoms with Gasteiger partial charge in [-0.2, -0.15) is 0 Å². The Kier molecular flexibility index (Phi) is 5.49. The van der Waals surface area contributed by atoms with E-state index in [0.29, 0.717) is 36.0 Å². The molecule has 0 aliphatic rings. The van der Waals surface area contributed by atoms with Crippen molar-refractivity contribution in [3.8, 4) is 23.0 Å². The van der Waals surface area contributed by atoms with Gasteiger partial charge in [0.2, 0.25) is 5.88 Å². The third-order valence-electron chi connectivity index (χ3n) is 4.25. The Morgan fingerprint density at radius 3 is 2.59 bits per heavy atom. The third-order valence-corrected chi connectivity index (χ3v) is 4.25. The first-order chi connectivity index (χ1) is 14.2. The fourth-order valence-corrected chi connectivity index (χ4v) is 2.87. The molecule has 0 aliphatic carbocycles. The first-order valence-electron chi connectivity index (χ1n) is 9.09. The molecule has 2 N–H and O–H groups in total. The maximum absolute atomic E-state index is 6.05. The lowest BCUT2D eigenvalue weighted by Crippen LogP contribution is -1.99. The number of nitrogens with zero attached hydrogens (tertiary/aromatic N) is 3. The van der Waals surface area contributed by atoms with Crippen LogP contribution >= 0.6 is 0 Å². The van der Waals surface area contributed by atoms with Crippen molar-refractivity contribution in [2.24, 2.45) is 0 Å². The van der Waals surface area contributed by atoms with E-state index in [1.54, 1.807) is 13.3 Å². The van der Waals surface area contributed by atoms with Crippen LogP contribution in [0.4, 0.5) is 5.82 Å². The third kappa shape index (κ3) is 4.59. The van der Waals surface area contributed by atoms with Crippen molar-refractivity contribution < 1.29 is 14.0 Å². The summed E-state index contributed by atoms with van der Waals surface area (Å²) in [6.45, 7) is 0.406. The zero-order valence-corrected chi connectivity index (χ0v) is 15.9. The molecule has 0 spiro atoms. The maximum Gasteiger partial charge on any atom is 0.219 e. The lowest BCUT2D eigenvalue weighted by atomic mass is 10.1. The van der Waals surface area contributed by atoms with E-state index in [1.807, 2.05) is 60.7 Å². The molecule has 0 radical (unpaired) electrons. The highest BCUT2D eigenvalue weighted by Crippen LogP contribution is 2.26. The molecule has 7 heteroatoms. The second-order valence-corrected chi connectivity index (χ2v) is 6.45. The quantitative estimate of drug-likeness (QED) is 0.506. The van der Waals surface area contributed by atoms with Gasteiger partial charge in [-0.3, -0.25) is 0 Å². The smallest absolute Gasteiger partial charge is 0.219 e. The largest absolute Gasteiger partial charge is 0.439 e. The van der Waals surface area contributed by atoms with Crippen LogP contribution in [0.1, 0.15) is 17.0 Å². The summed E-state index contributed by atoms with van der Waals surface area (Å²) in [5.74, 6) is 2.24. The summed E-state index contributed by atoms with van der Waals surface area (Å²) < 4.78 is 16.2. The van der Waals surface area contributed by atoms with Crippen molar-refractivity contribution >= 4 is 5.82 Å². The Balaban J connectivity index is 1.44. The molecular weight excluding hydrogens is 368 g/mol. The van der Waals surface area contributed by atoms with Gasteiger partial charge in [0.25, 0.3) is 0 Å². The normalized spacial score (nSPS) is 10.8. The van der Waals surface area contributed by atoms with E-state index in [2.05, 4.69) is 15.1 Å². The predicted molar refractivity (Wildman–Crippen MR) is 108 cm³/mol. The number of hydrogen-bond donors (Lipinski definition) is 1. The molecule has 3 heterocycles. The lowest BCUT2D eigenvalue weighted by Gasteiger charge is -2.05. The van der Waals surface area contributed by atoms with E-state index >= 15 is 0 Å². The number of pyridine rings is 2. The van der Waals surface area contributed by atoms with Gasteiger partial charge in [0.1, 0.15) is 11.6 Å². The number of para-hydroxylation sites is 1. The van der Waals surface area contributed by atoms with Gasteiger partial charge in [-0.15, -0.1) is 0 Å². The molecule has 0 saturated heterocycles. The number of hydrogen-bond acceptors (Lipinski definition) is 7. The minimum Gasteiger partial charge on any atom is -0.439 e. The zero-order valence-electron chi connectivity index (χ0n) is 15.9. The Bertz CT molecular complexity index is 1080. The second kappa shape index (κ2) is 8.53. The number of benzene rings is 1. The predicted octanol–water partition coefficient (Wildman–Crippen LogP) is 4.24. The summed E-state index contributed by atoms with van der Waals surface area (Å²) in [5, 5.41) is 4.14. The first-order valence-corrected chi connectivity index (χ1v) is 9.09. The second-order valence-electron chi connectivity index (χ2n) is 6.45. The van der Waals surface area contributed by atoms with Gasteiger partial charge in [-0.05, 0) is 29.8 Å². The van der Waals surface area contributed by atoms with E-state index in [4.69, 9.17) is 19.7 Å². The van der Waals surface area contributed by atoms with Gasteiger partial charge < -0.3 is 19.7 Å². The Hall–Kier alpha value is -3.71. The van der Waals surface area contributed by atoms with Crippen LogP contribution in [0.5, 0.6) is 11.6 Å². The van der Waals surface area contributed by atoms with Crippen LogP contribution in [0.2, 0.25) is 0 Å². The van der Waals surface area contributed by atoms with E-state index in [1.165, 1.54) is 0 Å². The molecular formula is C22H20N4O3. The number of aromatic nitrogens is 3. The van der Waals surface area contributed by atoms with Crippen molar-refractivity contribution in [3.63, 3.8) is 0 Å². The number of rotatable bonds is 7. The van der Waals surface area contributed by atoms with Crippen molar-refractivity contribution in [3.05, 3.63) is 83.8 Å². The molecule has 146 valence electrons. The Morgan fingerprint density at radius 1 is 1.00 bits per heavy atom. The SMILES string of the molecule is COCc1ccc(-c2cc(Cc3ccc(Oc4ccccc4)nc3)no2)c(N)n1. The van der Waals surface area contributed by atoms with Crippen LogP contribution in [0.25, 0.3) is 11.3 Å². The van der Waals surface area contributed by atoms with Crippen LogP contribution in [-0.4, -0.2) is 22.2 Å². The summed E-state index contributed by atoms with van der Waals surface area (Å²) >= 11 is 0. The monoisotopic (exact) mass is 388 g/mol. The molecule has 0 bridgehead atoms. The fourth-order valence-electron chi connectivity index (χ4n) is 2.87. The van der Waals surface area contributed by atoms with E-state index in [9.17, 15) is 0 Å². The first kappa shape index (κ1) is 18.6. The number of methoxy groups -OCH3 is 1. The molecule has 1 aromatic carbocycles. The van der Waals surface area contributed by atoms with E-state index in [-0.39, 0.29) is 0 Å². The average molecular weight is 388 g/mol. The molecule has 29 heavy (non-hydrogen) atoms. The number of nitrogen functional groups attached to an aromatic ring is 1. The summed E-state index contributed by atoms with van der Waals surface area (Å²) in [4.78, 5) is 8.67. The molecule has 0 amide bonds. The highest BCUT2D eigenvalue weighted by atomic mass is 16.5. The lowest BCUT2D eigenvalue weighted by molar-refractivity contribution is 0.181. The van der Waals surface area contributed by atoms with Crippen molar-refractivity contribution in [2.45, 2.75) is 13.0 Å². The van der Waals surface area contributed by atoms with Gasteiger partial charge >= 0.3 is 0 Å². The minimum absolute atomic E-state index is 0.381. The van der Waals surface area contributed by atoms with Gasteiger partial charge in [-0.25, -0.2) is 9.97 Å².